The Morgan fingerprint density at radius 1 is 0.913 bits per heavy atom. The molecule has 0 unspecified atom stereocenters. The van der Waals surface area contributed by atoms with Crippen molar-refractivity contribution in [2.24, 2.45) is 0 Å². The number of anilines is 2. The van der Waals surface area contributed by atoms with Gasteiger partial charge in [0.1, 0.15) is 11.4 Å². The van der Waals surface area contributed by atoms with Gasteiger partial charge >= 0.3 is 0 Å². The van der Waals surface area contributed by atoms with Crippen LogP contribution in [0.1, 0.15) is 48.2 Å². The van der Waals surface area contributed by atoms with Gasteiger partial charge in [0.2, 0.25) is 5.91 Å². The third kappa shape index (κ3) is 8.83. The molecule has 0 fully saturated rings. The number of carbonyl (C=O) groups is 3. The minimum absolute atomic E-state index is 0.116. The maximum absolute atomic E-state index is 13.4. The molecule has 46 heavy (non-hydrogen) atoms. The van der Waals surface area contributed by atoms with Gasteiger partial charge in [0, 0.05) is 16.1 Å². The number of hydrogen-bond acceptors (Lipinski definition) is 7. The highest BCUT2D eigenvalue weighted by molar-refractivity contribution is 8.00. The summed E-state index contributed by atoms with van der Waals surface area (Å²) in [6.45, 7) is 6.74. The van der Waals surface area contributed by atoms with Crippen molar-refractivity contribution >= 4 is 67.9 Å². The molecule has 5 aromatic rings. The van der Waals surface area contributed by atoms with E-state index in [0.717, 1.165) is 26.4 Å². The van der Waals surface area contributed by atoms with E-state index in [-0.39, 0.29) is 23.3 Å². The molecule has 1 heterocycles. The van der Waals surface area contributed by atoms with Crippen molar-refractivity contribution in [3.8, 4) is 5.75 Å². The maximum atomic E-state index is 13.4. The number of hydrogen-bond donors (Lipinski definition) is 3. The van der Waals surface area contributed by atoms with Crippen LogP contribution in [0.3, 0.4) is 0 Å². The second-order valence-electron chi connectivity index (χ2n) is 10.6. The van der Waals surface area contributed by atoms with E-state index in [1.807, 2.05) is 67.6 Å². The third-order valence-electron chi connectivity index (χ3n) is 6.84. The van der Waals surface area contributed by atoms with Crippen molar-refractivity contribution in [2.45, 2.75) is 31.6 Å². The smallest absolute Gasteiger partial charge is 0.272 e. The monoisotopic (exact) mass is 650 g/mol. The third-order valence-corrected chi connectivity index (χ3v) is 8.79. The number of thioether (sulfide) groups is 1. The maximum Gasteiger partial charge on any atom is 0.272 e. The van der Waals surface area contributed by atoms with Crippen molar-refractivity contribution in [1.29, 1.82) is 0 Å². The minimum Gasteiger partial charge on any atom is -0.494 e. The number of fused-ring (bicyclic) bond motifs is 1. The van der Waals surface area contributed by atoms with Crippen molar-refractivity contribution < 1.29 is 19.1 Å². The lowest BCUT2D eigenvalue weighted by Gasteiger charge is -2.12. The lowest BCUT2D eigenvalue weighted by molar-refractivity contribution is -0.114. The molecule has 0 aliphatic heterocycles. The van der Waals surface area contributed by atoms with Crippen molar-refractivity contribution in [1.82, 2.24) is 10.3 Å². The average Bonchev–Trinajstić information content (AvgIpc) is 3.46. The summed E-state index contributed by atoms with van der Waals surface area (Å²) < 4.78 is 6.48. The average molecular weight is 651 g/mol. The second-order valence-corrected chi connectivity index (χ2v) is 12.7. The molecule has 4 aromatic carbocycles. The van der Waals surface area contributed by atoms with Crippen molar-refractivity contribution in [3.05, 3.63) is 119 Å². The summed E-state index contributed by atoms with van der Waals surface area (Å²) in [7, 11) is 0. The zero-order valence-electron chi connectivity index (χ0n) is 25.7. The van der Waals surface area contributed by atoms with Gasteiger partial charge in [0.25, 0.3) is 11.8 Å². The molecule has 8 nitrogen and oxygen atoms in total. The predicted octanol–water partition coefficient (Wildman–Crippen LogP) is 7.96. The Balaban J connectivity index is 1.20. The van der Waals surface area contributed by atoms with Gasteiger partial charge in [-0.05, 0) is 84.6 Å². The number of ether oxygens (including phenoxy) is 1. The molecule has 10 heteroatoms. The van der Waals surface area contributed by atoms with Crippen LogP contribution in [0.15, 0.2) is 108 Å². The molecule has 0 radical (unpaired) electrons. The van der Waals surface area contributed by atoms with Gasteiger partial charge in [0.05, 0.1) is 22.6 Å². The normalized spacial score (nSPS) is 11.3. The summed E-state index contributed by atoms with van der Waals surface area (Å²) >= 11 is 2.77. The number of thiazole rings is 1. The lowest BCUT2D eigenvalue weighted by Crippen LogP contribution is -2.30. The summed E-state index contributed by atoms with van der Waals surface area (Å²) in [6.07, 6.45) is 1.66. The first-order valence-corrected chi connectivity index (χ1v) is 16.6. The van der Waals surface area contributed by atoms with E-state index >= 15 is 0 Å². The molecular formula is C36H34N4O4S2. The van der Waals surface area contributed by atoms with Crippen molar-refractivity contribution in [2.75, 3.05) is 23.0 Å². The number of nitrogens with one attached hydrogen (secondary N) is 3. The van der Waals surface area contributed by atoms with Crippen molar-refractivity contribution in [3.63, 3.8) is 0 Å². The van der Waals surface area contributed by atoms with E-state index in [4.69, 9.17) is 4.74 Å². The highest BCUT2D eigenvalue weighted by Gasteiger charge is 2.16. The second kappa shape index (κ2) is 15.4. The summed E-state index contributed by atoms with van der Waals surface area (Å²) in [5.74, 6) is 0.333. The molecule has 5 rings (SSSR count). The topological polar surface area (TPSA) is 109 Å². The van der Waals surface area contributed by atoms with Gasteiger partial charge < -0.3 is 20.7 Å². The number of nitrogens with zero attached hydrogens (tertiary/aromatic N) is 1. The first kappa shape index (κ1) is 32.5. The Kier molecular flexibility index (Phi) is 10.9. The Bertz CT molecular complexity index is 1850. The van der Waals surface area contributed by atoms with Crippen LogP contribution in [-0.2, 0) is 9.59 Å². The summed E-state index contributed by atoms with van der Waals surface area (Å²) in [6, 6.07) is 29.5. The van der Waals surface area contributed by atoms with Crippen LogP contribution in [0, 0.1) is 0 Å². The summed E-state index contributed by atoms with van der Waals surface area (Å²) in [4.78, 5) is 44.3. The standard InChI is InChI=1S/C36H34N4O4S2/c1-4-44-28-16-19-30-32(21-28)46-36(39-30)40-33(41)22-45-29-17-14-27(15-18-29)37-35(43)31(38-34(42)26-8-6-5-7-9-26)20-24-10-12-25(13-11-24)23(2)3/h5-21,23H,4,22H2,1-3H3,(H,37,43)(H,38,42)(H,39,40,41)/b31-20-. The molecule has 0 saturated carbocycles. The summed E-state index contributed by atoms with van der Waals surface area (Å²) in [5, 5.41) is 9.04. The van der Waals surface area contributed by atoms with E-state index in [0.29, 0.717) is 28.9 Å². The highest BCUT2D eigenvalue weighted by Crippen LogP contribution is 2.30. The SMILES string of the molecule is CCOc1ccc2nc(NC(=O)CSc3ccc(NC(=O)/C(=C/c4ccc(C(C)C)cc4)NC(=O)c4ccccc4)cc3)sc2c1. The van der Waals surface area contributed by atoms with Crippen LogP contribution in [0.4, 0.5) is 10.8 Å². The first-order valence-electron chi connectivity index (χ1n) is 14.8. The van der Waals surface area contributed by atoms with Gasteiger partial charge in [-0.1, -0.05) is 67.6 Å². The fourth-order valence-corrected chi connectivity index (χ4v) is 6.05. The molecule has 0 spiro atoms. The van der Waals surface area contributed by atoms with Crippen LogP contribution < -0.4 is 20.7 Å². The van der Waals surface area contributed by atoms with Crippen LogP contribution in [0.5, 0.6) is 5.75 Å². The molecule has 234 valence electrons. The molecule has 0 aliphatic rings. The van der Waals surface area contributed by atoms with E-state index < -0.39 is 5.91 Å². The Morgan fingerprint density at radius 3 is 2.35 bits per heavy atom. The molecule has 0 aliphatic carbocycles. The molecule has 1 aromatic heterocycles. The quantitative estimate of drug-likeness (QED) is 0.0934. The van der Waals surface area contributed by atoms with E-state index in [9.17, 15) is 14.4 Å². The zero-order valence-corrected chi connectivity index (χ0v) is 27.3. The first-order chi connectivity index (χ1) is 22.3. The number of carbonyl (C=O) groups excluding carboxylic acids is 3. The lowest BCUT2D eigenvalue weighted by atomic mass is 10.0. The Morgan fingerprint density at radius 2 is 1.65 bits per heavy atom. The molecule has 0 saturated heterocycles. The van der Waals surface area contributed by atoms with Crippen LogP contribution in [-0.4, -0.2) is 35.1 Å². The van der Waals surface area contributed by atoms with E-state index in [1.165, 1.54) is 28.7 Å². The van der Waals surface area contributed by atoms with Crippen LogP contribution in [0.25, 0.3) is 16.3 Å². The van der Waals surface area contributed by atoms with Crippen LogP contribution >= 0.6 is 23.1 Å². The molecule has 3 N–H and O–H groups in total. The summed E-state index contributed by atoms with van der Waals surface area (Å²) in [5.41, 5.74) is 3.88. The number of aromatic nitrogens is 1. The molecule has 0 bridgehead atoms. The number of rotatable bonds is 12. The molecule has 3 amide bonds. The largest absolute Gasteiger partial charge is 0.494 e. The fraction of sp³-hybridized carbons (Fsp3) is 0.167. The molecular weight excluding hydrogens is 617 g/mol. The predicted molar refractivity (Wildman–Crippen MR) is 188 cm³/mol. The van der Waals surface area contributed by atoms with Gasteiger partial charge in [-0.15, -0.1) is 11.8 Å². The minimum atomic E-state index is -0.457. The van der Waals surface area contributed by atoms with Gasteiger partial charge in [-0.2, -0.15) is 0 Å². The molecule has 0 atom stereocenters. The van der Waals surface area contributed by atoms with E-state index in [1.54, 1.807) is 42.5 Å². The number of benzene rings is 4. The highest BCUT2D eigenvalue weighted by atomic mass is 32.2. The van der Waals surface area contributed by atoms with Gasteiger partial charge in [-0.3, -0.25) is 14.4 Å². The van der Waals surface area contributed by atoms with E-state index in [2.05, 4.69) is 34.8 Å². The van der Waals surface area contributed by atoms with Gasteiger partial charge in [-0.25, -0.2) is 4.98 Å². The van der Waals surface area contributed by atoms with Crippen LogP contribution in [0.2, 0.25) is 0 Å². The Hall–Kier alpha value is -4.93. The fourth-order valence-electron chi connectivity index (χ4n) is 4.44. The number of amides is 3. The van der Waals surface area contributed by atoms with Gasteiger partial charge in [0.15, 0.2) is 5.13 Å². The zero-order chi connectivity index (χ0) is 32.5. The Labute approximate surface area is 276 Å².